The van der Waals surface area contributed by atoms with Crippen LogP contribution >= 0.6 is 11.3 Å². The van der Waals surface area contributed by atoms with Crippen LogP contribution in [0, 0.1) is 6.92 Å². The molecular weight excluding hydrogens is 300 g/mol. The Balaban J connectivity index is 2.14. The first-order valence-electron chi connectivity index (χ1n) is 7.31. The molecule has 0 radical (unpaired) electrons. The second-order valence-corrected chi connectivity index (χ2v) is 6.16. The maximum absolute atomic E-state index is 12.5. The van der Waals surface area contributed by atoms with Gasteiger partial charge in [0.2, 0.25) is 0 Å². The predicted molar refractivity (Wildman–Crippen MR) is 89.1 cm³/mol. The smallest absolute Gasteiger partial charge is 0.279 e. The van der Waals surface area contributed by atoms with Gasteiger partial charge in [0.25, 0.3) is 5.91 Å². The molecule has 2 N–H and O–H groups in total. The minimum atomic E-state index is -0.208. The molecule has 1 fully saturated rings. The molecular formula is C15H22N4O2S. The van der Waals surface area contributed by atoms with Crippen LogP contribution < -0.4 is 5.84 Å². The van der Waals surface area contributed by atoms with E-state index in [0.29, 0.717) is 17.1 Å². The molecule has 6 nitrogen and oxygen atoms in total. The summed E-state index contributed by atoms with van der Waals surface area (Å²) in [5, 5.41) is 2.02. The highest BCUT2D eigenvalue weighted by atomic mass is 32.1. The molecule has 0 bridgehead atoms. The van der Waals surface area contributed by atoms with Crippen LogP contribution in [-0.4, -0.2) is 48.4 Å². The van der Waals surface area contributed by atoms with E-state index in [4.69, 9.17) is 10.6 Å². The third kappa shape index (κ3) is 3.79. The third-order valence-electron chi connectivity index (χ3n) is 3.50. The van der Waals surface area contributed by atoms with Gasteiger partial charge in [0.05, 0.1) is 18.3 Å². The maximum atomic E-state index is 12.5. The topological polar surface area (TPSA) is 80.8 Å². The Morgan fingerprint density at radius 1 is 1.64 bits per heavy atom. The molecule has 120 valence electrons. The summed E-state index contributed by atoms with van der Waals surface area (Å²) in [6.07, 6.45) is 5.67. The highest BCUT2D eigenvalue weighted by molar-refractivity contribution is 7.15. The number of amides is 1. The zero-order valence-corrected chi connectivity index (χ0v) is 14.0. The van der Waals surface area contributed by atoms with Crippen LogP contribution in [0.3, 0.4) is 0 Å². The van der Waals surface area contributed by atoms with Crippen LogP contribution in [-0.2, 0) is 4.74 Å². The number of nitrogens with two attached hydrogens (primary N) is 1. The van der Waals surface area contributed by atoms with E-state index in [1.807, 2.05) is 19.9 Å². The van der Waals surface area contributed by atoms with Crippen molar-refractivity contribution in [1.82, 2.24) is 9.99 Å². The van der Waals surface area contributed by atoms with Gasteiger partial charge in [0, 0.05) is 25.4 Å². The number of aryl methyl sites for hydroxylation is 1. The number of carbonyl (C=O) groups excluding carboxylic acids is 1. The van der Waals surface area contributed by atoms with Crippen LogP contribution in [0.25, 0.3) is 5.57 Å². The number of rotatable bonds is 5. The number of nitrogens with zero attached hydrogens (tertiary/aromatic N) is 3. The molecule has 0 spiro atoms. The zero-order valence-electron chi connectivity index (χ0n) is 13.2. The lowest BCUT2D eigenvalue weighted by molar-refractivity contribution is 0.0528. The van der Waals surface area contributed by atoms with E-state index in [1.165, 1.54) is 16.3 Å². The number of aromatic nitrogens is 1. The van der Waals surface area contributed by atoms with Crippen LogP contribution in [0.4, 0.5) is 0 Å². The molecule has 1 aromatic heterocycles. The van der Waals surface area contributed by atoms with E-state index < -0.39 is 0 Å². The lowest BCUT2D eigenvalue weighted by Gasteiger charge is -2.19. The van der Waals surface area contributed by atoms with Crippen molar-refractivity contribution < 1.29 is 9.53 Å². The summed E-state index contributed by atoms with van der Waals surface area (Å²) in [7, 11) is 1.71. The van der Waals surface area contributed by atoms with E-state index in [2.05, 4.69) is 9.98 Å². The average molecular weight is 322 g/mol. The molecule has 1 amide bonds. The van der Waals surface area contributed by atoms with Crippen molar-refractivity contribution in [2.24, 2.45) is 10.8 Å². The second kappa shape index (κ2) is 7.62. The van der Waals surface area contributed by atoms with E-state index in [0.717, 1.165) is 30.0 Å². The second-order valence-electron chi connectivity index (χ2n) is 5.16. The maximum Gasteiger partial charge on any atom is 0.279 e. The SMILES string of the molecule is C/C=C(\C=N/C)c1nc(C)c(C(=O)N(N)CC2CCCO2)s1. The Labute approximate surface area is 134 Å². The number of hydrogen-bond acceptors (Lipinski definition) is 6. The van der Waals surface area contributed by atoms with Crippen molar-refractivity contribution in [3.8, 4) is 0 Å². The number of thiazole rings is 1. The molecule has 22 heavy (non-hydrogen) atoms. The summed E-state index contributed by atoms with van der Waals surface area (Å²) in [5.41, 5.74) is 1.59. The average Bonchev–Trinajstić information content (AvgIpc) is 3.13. The summed E-state index contributed by atoms with van der Waals surface area (Å²) >= 11 is 1.34. The monoisotopic (exact) mass is 322 g/mol. The van der Waals surface area contributed by atoms with Gasteiger partial charge in [-0.05, 0) is 26.7 Å². The summed E-state index contributed by atoms with van der Waals surface area (Å²) in [6.45, 7) is 4.90. The fourth-order valence-corrected chi connectivity index (χ4v) is 3.39. The molecule has 0 aromatic carbocycles. The van der Waals surface area contributed by atoms with Crippen LogP contribution in [0.5, 0.6) is 0 Å². The van der Waals surface area contributed by atoms with E-state index in [9.17, 15) is 4.79 Å². The lowest BCUT2D eigenvalue weighted by Crippen LogP contribution is -2.42. The minimum absolute atomic E-state index is 0.0416. The van der Waals surface area contributed by atoms with E-state index >= 15 is 0 Å². The third-order valence-corrected chi connectivity index (χ3v) is 4.70. The van der Waals surface area contributed by atoms with Gasteiger partial charge < -0.3 is 4.74 Å². The Morgan fingerprint density at radius 2 is 2.41 bits per heavy atom. The molecule has 2 rings (SSSR count). The minimum Gasteiger partial charge on any atom is -0.376 e. The predicted octanol–water partition coefficient (Wildman–Crippen LogP) is 2.05. The van der Waals surface area contributed by atoms with Crippen molar-refractivity contribution in [2.45, 2.75) is 32.8 Å². The fourth-order valence-electron chi connectivity index (χ4n) is 2.33. The summed E-state index contributed by atoms with van der Waals surface area (Å²) < 4.78 is 5.52. The van der Waals surface area contributed by atoms with Gasteiger partial charge >= 0.3 is 0 Å². The molecule has 7 heteroatoms. The highest BCUT2D eigenvalue weighted by Gasteiger charge is 2.24. The van der Waals surface area contributed by atoms with Gasteiger partial charge in [-0.1, -0.05) is 6.08 Å². The molecule has 1 unspecified atom stereocenters. The molecule has 2 heterocycles. The number of ether oxygens (including phenoxy) is 1. The molecule has 0 saturated carbocycles. The summed E-state index contributed by atoms with van der Waals surface area (Å²) in [5.74, 6) is 5.71. The quantitative estimate of drug-likeness (QED) is 0.389. The summed E-state index contributed by atoms with van der Waals surface area (Å²) in [4.78, 5) is 21.5. The van der Waals surface area contributed by atoms with Crippen LogP contribution in [0.2, 0.25) is 0 Å². The van der Waals surface area contributed by atoms with Gasteiger partial charge in [0.15, 0.2) is 0 Å². The molecule has 0 aliphatic carbocycles. The standard InChI is InChI=1S/C15H22N4O2S/c1-4-11(8-17-3)14-18-10(2)13(22-14)15(20)19(16)9-12-6-5-7-21-12/h4,8,12H,5-7,9,16H2,1-3H3/b11-4+,17-8-. The first-order chi connectivity index (χ1) is 10.6. The Hall–Kier alpha value is -1.57. The van der Waals surface area contributed by atoms with Gasteiger partial charge in [-0.15, -0.1) is 11.3 Å². The number of allylic oxidation sites excluding steroid dienone is 2. The molecule has 1 aliphatic rings. The van der Waals surface area contributed by atoms with Gasteiger partial charge in [0.1, 0.15) is 9.88 Å². The van der Waals surface area contributed by atoms with Crippen molar-refractivity contribution >= 4 is 29.0 Å². The van der Waals surface area contributed by atoms with Crippen molar-refractivity contribution in [3.63, 3.8) is 0 Å². The molecule has 1 aliphatic heterocycles. The molecule has 1 saturated heterocycles. The molecule has 1 aromatic rings. The van der Waals surface area contributed by atoms with E-state index in [-0.39, 0.29) is 12.0 Å². The van der Waals surface area contributed by atoms with Gasteiger partial charge in [-0.3, -0.25) is 14.8 Å². The number of carbonyl (C=O) groups is 1. The number of hydrogen-bond donors (Lipinski definition) is 1. The zero-order chi connectivity index (χ0) is 16.1. The lowest BCUT2D eigenvalue weighted by atomic mass is 10.2. The number of aliphatic imine (C=N–C) groups is 1. The van der Waals surface area contributed by atoms with Gasteiger partial charge in [-0.2, -0.15) is 0 Å². The first kappa shape index (κ1) is 16.8. The fraction of sp³-hybridized carbons (Fsp3) is 0.533. The first-order valence-corrected chi connectivity index (χ1v) is 8.13. The van der Waals surface area contributed by atoms with E-state index in [1.54, 1.807) is 13.3 Å². The summed E-state index contributed by atoms with van der Waals surface area (Å²) in [6, 6.07) is 0. The highest BCUT2D eigenvalue weighted by Crippen LogP contribution is 2.25. The van der Waals surface area contributed by atoms with Crippen molar-refractivity contribution in [2.75, 3.05) is 20.2 Å². The normalized spacial score (nSPS) is 19.1. The van der Waals surface area contributed by atoms with Gasteiger partial charge in [-0.25, -0.2) is 10.8 Å². The Kier molecular flexibility index (Phi) is 5.82. The molecule has 1 atom stereocenters. The van der Waals surface area contributed by atoms with Crippen LogP contribution in [0.15, 0.2) is 11.1 Å². The Morgan fingerprint density at radius 3 is 3.00 bits per heavy atom. The van der Waals surface area contributed by atoms with Crippen molar-refractivity contribution in [1.29, 1.82) is 0 Å². The van der Waals surface area contributed by atoms with Crippen LogP contribution in [0.1, 0.15) is 40.1 Å². The Bertz CT molecular complexity index is 588. The number of hydrazine groups is 1. The largest absolute Gasteiger partial charge is 0.376 e. The van der Waals surface area contributed by atoms with Crippen molar-refractivity contribution in [3.05, 3.63) is 21.7 Å².